The van der Waals surface area contributed by atoms with Gasteiger partial charge in [0.05, 0.1) is 6.61 Å². The van der Waals surface area contributed by atoms with E-state index < -0.39 is 11.6 Å². The number of carbonyl (C=O) groups is 1. The molecule has 1 aromatic rings. The van der Waals surface area contributed by atoms with Gasteiger partial charge >= 0.3 is 0 Å². The number of benzene rings is 1. The molecule has 0 aromatic heterocycles. The topological polar surface area (TPSA) is 29.5 Å². The Bertz CT molecular complexity index is 435. The maximum atomic E-state index is 13.1. The number of halogens is 2. The van der Waals surface area contributed by atoms with Gasteiger partial charge in [0.1, 0.15) is 0 Å². The highest BCUT2D eigenvalue weighted by molar-refractivity contribution is 5.94. The molecular weight excluding hydrogens is 252 g/mol. The Kier molecular flexibility index (Phi) is 5.89. The van der Waals surface area contributed by atoms with Crippen LogP contribution in [0.4, 0.5) is 8.78 Å². The van der Waals surface area contributed by atoms with Gasteiger partial charge in [-0.05, 0) is 24.1 Å². The lowest BCUT2D eigenvalue weighted by Gasteiger charge is -2.24. The Morgan fingerprint density at radius 1 is 1.32 bits per heavy atom. The van der Waals surface area contributed by atoms with Crippen molar-refractivity contribution >= 4 is 5.91 Å². The molecule has 0 aliphatic heterocycles. The largest absolute Gasteiger partial charge is 0.383 e. The smallest absolute Gasteiger partial charge is 0.254 e. The highest BCUT2D eigenvalue weighted by atomic mass is 19.2. The fourth-order valence-electron chi connectivity index (χ4n) is 1.73. The van der Waals surface area contributed by atoms with E-state index in [0.717, 1.165) is 12.1 Å². The lowest BCUT2D eigenvalue weighted by molar-refractivity contribution is 0.0671. The molecule has 1 amide bonds. The summed E-state index contributed by atoms with van der Waals surface area (Å²) in [7, 11) is 1.55. The molecule has 0 unspecified atom stereocenters. The van der Waals surface area contributed by atoms with Crippen molar-refractivity contribution in [1.82, 2.24) is 4.90 Å². The highest BCUT2D eigenvalue weighted by Crippen LogP contribution is 2.12. The quantitative estimate of drug-likeness (QED) is 0.796. The van der Waals surface area contributed by atoms with Crippen LogP contribution in [0.3, 0.4) is 0 Å². The van der Waals surface area contributed by atoms with Crippen molar-refractivity contribution < 1.29 is 18.3 Å². The third-order valence-electron chi connectivity index (χ3n) is 2.60. The molecule has 1 rings (SSSR count). The van der Waals surface area contributed by atoms with Crippen LogP contribution in [-0.2, 0) is 4.74 Å². The third kappa shape index (κ3) is 4.59. The van der Waals surface area contributed by atoms with Crippen LogP contribution >= 0.6 is 0 Å². The molecular formula is C14H19F2NO2. The van der Waals surface area contributed by atoms with E-state index in [2.05, 4.69) is 0 Å². The first-order valence-electron chi connectivity index (χ1n) is 6.19. The molecule has 1 aromatic carbocycles. The van der Waals surface area contributed by atoms with Gasteiger partial charge in [-0.3, -0.25) is 4.79 Å². The van der Waals surface area contributed by atoms with Crippen LogP contribution in [0, 0.1) is 17.6 Å². The first-order chi connectivity index (χ1) is 8.95. The van der Waals surface area contributed by atoms with Crippen molar-refractivity contribution in [2.45, 2.75) is 13.8 Å². The number of carbonyl (C=O) groups excluding carboxylic acids is 1. The van der Waals surface area contributed by atoms with E-state index in [4.69, 9.17) is 4.74 Å². The van der Waals surface area contributed by atoms with Gasteiger partial charge in [-0.15, -0.1) is 0 Å². The summed E-state index contributed by atoms with van der Waals surface area (Å²) >= 11 is 0. The van der Waals surface area contributed by atoms with Crippen molar-refractivity contribution in [3.8, 4) is 0 Å². The Balaban J connectivity index is 2.87. The van der Waals surface area contributed by atoms with E-state index in [0.29, 0.717) is 19.7 Å². The lowest BCUT2D eigenvalue weighted by atomic mass is 10.1. The molecule has 5 heteroatoms. The van der Waals surface area contributed by atoms with E-state index in [1.165, 1.54) is 6.07 Å². The van der Waals surface area contributed by atoms with Crippen LogP contribution in [0.2, 0.25) is 0 Å². The zero-order chi connectivity index (χ0) is 14.4. The molecule has 19 heavy (non-hydrogen) atoms. The van der Waals surface area contributed by atoms with Gasteiger partial charge in [-0.2, -0.15) is 0 Å². The Morgan fingerprint density at radius 3 is 2.53 bits per heavy atom. The van der Waals surface area contributed by atoms with Crippen LogP contribution in [0.15, 0.2) is 18.2 Å². The Morgan fingerprint density at radius 2 is 2.00 bits per heavy atom. The zero-order valence-electron chi connectivity index (χ0n) is 11.5. The molecule has 0 radical (unpaired) electrons. The number of ether oxygens (including phenoxy) is 1. The highest BCUT2D eigenvalue weighted by Gasteiger charge is 2.18. The molecule has 0 fully saturated rings. The fourth-order valence-corrected chi connectivity index (χ4v) is 1.73. The molecule has 3 nitrogen and oxygen atoms in total. The van der Waals surface area contributed by atoms with Gasteiger partial charge in [0, 0.05) is 25.8 Å². The van der Waals surface area contributed by atoms with Gasteiger partial charge in [-0.25, -0.2) is 8.78 Å². The van der Waals surface area contributed by atoms with Crippen LogP contribution in [0.5, 0.6) is 0 Å². The standard InChI is InChI=1S/C14H19F2NO2/c1-10(2)9-17(6-7-19-3)14(18)11-4-5-12(15)13(16)8-11/h4-5,8,10H,6-7,9H2,1-3H3. The molecule has 0 saturated carbocycles. The predicted molar refractivity (Wildman–Crippen MR) is 69.0 cm³/mol. The average molecular weight is 271 g/mol. The summed E-state index contributed by atoms with van der Waals surface area (Å²) in [6.45, 7) is 5.34. The molecule has 0 atom stereocenters. The minimum Gasteiger partial charge on any atom is -0.383 e. The molecule has 0 heterocycles. The number of nitrogens with zero attached hydrogens (tertiary/aromatic N) is 1. The van der Waals surface area contributed by atoms with Crippen LogP contribution in [-0.4, -0.2) is 37.6 Å². The van der Waals surface area contributed by atoms with E-state index in [1.54, 1.807) is 12.0 Å². The molecule has 106 valence electrons. The van der Waals surface area contributed by atoms with Crippen molar-refractivity contribution in [2.24, 2.45) is 5.92 Å². The predicted octanol–water partition coefficient (Wildman–Crippen LogP) is 2.71. The summed E-state index contributed by atoms with van der Waals surface area (Å²) < 4.78 is 31.0. The summed E-state index contributed by atoms with van der Waals surface area (Å²) in [6.07, 6.45) is 0. The zero-order valence-corrected chi connectivity index (χ0v) is 11.5. The summed E-state index contributed by atoms with van der Waals surface area (Å²) in [6, 6.07) is 3.19. The minimum atomic E-state index is -1.01. The fraction of sp³-hybridized carbons (Fsp3) is 0.500. The summed E-state index contributed by atoms with van der Waals surface area (Å²) in [5.41, 5.74) is 0.149. The first-order valence-corrected chi connectivity index (χ1v) is 6.19. The second kappa shape index (κ2) is 7.19. The van der Waals surface area contributed by atoms with E-state index >= 15 is 0 Å². The van der Waals surface area contributed by atoms with E-state index in [9.17, 15) is 13.6 Å². The second-order valence-corrected chi connectivity index (χ2v) is 4.77. The van der Waals surface area contributed by atoms with Crippen LogP contribution in [0.25, 0.3) is 0 Å². The molecule has 0 saturated heterocycles. The SMILES string of the molecule is COCCN(CC(C)C)C(=O)c1ccc(F)c(F)c1. The number of amides is 1. The summed E-state index contributed by atoms with van der Waals surface area (Å²) in [5, 5.41) is 0. The van der Waals surface area contributed by atoms with Crippen molar-refractivity contribution in [3.05, 3.63) is 35.4 Å². The maximum Gasteiger partial charge on any atom is 0.254 e. The van der Waals surface area contributed by atoms with Crippen LogP contribution < -0.4 is 0 Å². The lowest BCUT2D eigenvalue weighted by Crippen LogP contribution is -2.36. The molecule has 0 N–H and O–H groups in total. The number of rotatable bonds is 6. The van der Waals surface area contributed by atoms with Gasteiger partial charge < -0.3 is 9.64 Å². The van der Waals surface area contributed by atoms with Gasteiger partial charge in [-0.1, -0.05) is 13.8 Å². The van der Waals surface area contributed by atoms with Gasteiger partial charge in [0.2, 0.25) is 0 Å². The monoisotopic (exact) mass is 271 g/mol. The second-order valence-electron chi connectivity index (χ2n) is 4.77. The van der Waals surface area contributed by atoms with Gasteiger partial charge in [0.25, 0.3) is 5.91 Å². The first kappa shape index (κ1) is 15.6. The maximum absolute atomic E-state index is 13.1. The van der Waals surface area contributed by atoms with Crippen molar-refractivity contribution in [3.63, 3.8) is 0 Å². The summed E-state index contributed by atoms with van der Waals surface area (Å²) in [4.78, 5) is 13.8. The number of hydrogen-bond acceptors (Lipinski definition) is 2. The number of methoxy groups -OCH3 is 1. The minimum absolute atomic E-state index is 0.149. The number of hydrogen-bond donors (Lipinski definition) is 0. The average Bonchev–Trinajstić information content (AvgIpc) is 2.36. The molecule has 0 aliphatic rings. The normalized spacial score (nSPS) is 10.8. The van der Waals surface area contributed by atoms with Crippen molar-refractivity contribution in [1.29, 1.82) is 0 Å². The van der Waals surface area contributed by atoms with E-state index in [1.807, 2.05) is 13.8 Å². The summed E-state index contributed by atoms with van der Waals surface area (Å²) in [5.74, 6) is -2.00. The third-order valence-corrected chi connectivity index (χ3v) is 2.60. The van der Waals surface area contributed by atoms with Crippen LogP contribution in [0.1, 0.15) is 24.2 Å². The van der Waals surface area contributed by atoms with E-state index in [-0.39, 0.29) is 17.4 Å². The molecule has 0 bridgehead atoms. The van der Waals surface area contributed by atoms with Gasteiger partial charge in [0.15, 0.2) is 11.6 Å². The molecule has 0 aliphatic carbocycles. The Labute approximate surface area is 112 Å². The molecule has 0 spiro atoms. The van der Waals surface area contributed by atoms with Crippen molar-refractivity contribution in [2.75, 3.05) is 26.8 Å². The Hall–Kier alpha value is -1.49.